The van der Waals surface area contributed by atoms with E-state index in [0.717, 1.165) is 21.8 Å². The van der Waals surface area contributed by atoms with Crippen LogP contribution >= 0.6 is 0 Å². The predicted molar refractivity (Wildman–Crippen MR) is 205 cm³/mol. The van der Waals surface area contributed by atoms with Crippen LogP contribution < -0.4 is 16.0 Å². The fourth-order valence-electron chi connectivity index (χ4n) is 6.03. The van der Waals surface area contributed by atoms with Crippen molar-refractivity contribution in [1.29, 1.82) is 0 Å². The first-order chi connectivity index (χ1) is 26.5. The van der Waals surface area contributed by atoms with Gasteiger partial charge in [-0.1, -0.05) is 36.4 Å². The minimum absolute atomic E-state index is 0.0549. The monoisotopic (exact) mass is 767 g/mol. The molecule has 0 radical (unpaired) electrons. The largest absolute Gasteiger partial charge is 0.356 e. The number of hydrogen-bond acceptors (Lipinski definition) is 9. The molecule has 0 spiro atoms. The minimum Gasteiger partial charge on any atom is -0.356 e. The number of hydroxylamine groups is 6. The van der Waals surface area contributed by atoms with Gasteiger partial charge in [-0.3, -0.25) is 44.4 Å². The summed E-state index contributed by atoms with van der Waals surface area (Å²) >= 11 is 0. The van der Waals surface area contributed by atoms with Gasteiger partial charge in [0.05, 0.1) is 0 Å². The number of benzene rings is 2. The van der Waals surface area contributed by atoms with E-state index in [1.54, 1.807) is 0 Å². The smallest absolute Gasteiger partial charge is 0.246 e. The molecular weight excluding hydrogens is 710 g/mol. The van der Waals surface area contributed by atoms with E-state index in [1.807, 2.05) is 41.0 Å². The molecule has 0 saturated heterocycles. The van der Waals surface area contributed by atoms with E-state index < -0.39 is 17.7 Å². The van der Waals surface area contributed by atoms with E-state index in [1.165, 1.54) is 6.92 Å². The van der Waals surface area contributed by atoms with E-state index in [0.29, 0.717) is 92.6 Å². The molecule has 0 atom stereocenters. The molecule has 1 heterocycles. The Morgan fingerprint density at radius 2 is 0.891 bits per heavy atom. The van der Waals surface area contributed by atoms with Gasteiger partial charge in [0.25, 0.3) is 0 Å². The fourth-order valence-corrected chi connectivity index (χ4v) is 6.03. The first-order valence-electron chi connectivity index (χ1n) is 19.2. The maximum Gasteiger partial charge on any atom is 0.246 e. The van der Waals surface area contributed by atoms with Crippen molar-refractivity contribution >= 4 is 57.2 Å². The van der Waals surface area contributed by atoms with Crippen LogP contribution in [0.2, 0.25) is 0 Å². The second-order valence-electron chi connectivity index (χ2n) is 13.5. The Balaban J connectivity index is 1.14. The first kappa shape index (κ1) is 44.3. The van der Waals surface area contributed by atoms with Gasteiger partial charge in [-0.15, -0.1) is 0 Å². The number of rotatable bonds is 26. The van der Waals surface area contributed by atoms with Crippen LogP contribution in [0, 0.1) is 0 Å². The molecular formula is C39H57N7O9. The minimum atomic E-state index is -0.561. The molecule has 16 heteroatoms. The molecule has 0 unspecified atom stereocenters. The Labute approximate surface area is 321 Å². The van der Waals surface area contributed by atoms with Crippen LogP contribution in [0.4, 0.5) is 0 Å². The van der Waals surface area contributed by atoms with E-state index >= 15 is 0 Å². The van der Waals surface area contributed by atoms with Gasteiger partial charge in [-0.25, -0.2) is 15.2 Å². The van der Waals surface area contributed by atoms with Gasteiger partial charge >= 0.3 is 0 Å². The van der Waals surface area contributed by atoms with Crippen LogP contribution in [-0.4, -0.2) is 110 Å². The second kappa shape index (κ2) is 24.4. The number of nitrogens with zero attached hydrogens (tertiary/aromatic N) is 4. The highest BCUT2D eigenvalue weighted by atomic mass is 16.5. The van der Waals surface area contributed by atoms with E-state index in [2.05, 4.69) is 28.1 Å². The topological polar surface area (TPSA) is 214 Å². The number of unbranched alkanes of at least 4 members (excludes halogenated alkanes) is 6. The highest BCUT2D eigenvalue weighted by Crippen LogP contribution is 2.28. The molecule has 0 aliphatic carbocycles. The molecule has 0 aliphatic rings. The van der Waals surface area contributed by atoms with Gasteiger partial charge in [-0.05, 0) is 69.9 Å². The Bertz CT molecular complexity index is 1660. The number of para-hydroxylation sites is 2. The molecule has 1 aromatic heterocycles. The van der Waals surface area contributed by atoms with Gasteiger partial charge in [-0.2, -0.15) is 0 Å². The van der Waals surface area contributed by atoms with Gasteiger partial charge in [0.15, 0.2) is 0 Å². The van der Waals surface area contributed by atoms with Gasteiger partial charge in [0.1, 0.15) is 6.54 Å². The summed E-state index contributed by atoms with van der Waals surface area (Å²) in [6.07, 6.45) is 5.23. The number of carbonyl (C=O) groups excluding carboxylic acids is 6. The summed E-state index contributed by atoms with van der Waals surface area (Å²) in [5.41, 5.74) is 2.01. The summed E-state index contributed by atoms with van der Waals surface area (Å²) in [5.74, 6) is -2.24. The summed E-state index contributed by atoms with van der Waals surface area (Å²) in [4.78, 5) is 72.1. The van der Waals surface area contributed by atoms with Crippen molar-refractivity contribution < 1.29 is 44.4 Å². The fraction of sp³-hybridized carbons (Fsp3) is 0.538. The molecule has 0 bridgehead atoms. The predicted octanol–water partition coefficient (Wildman–Crippen LogP) is 3.89. The highest BCUT2D eigenvalue weighted by molar-refractivity contribution is 6.08. The summed E-state index contributed by atoms with van der Waals surface area (Å²) in [7, 11) is 0. The van der Waals surface area contributed by atoms with E-state index in [4.69, 9.17) is 0 Å². The van der Waals surface area contributed by atoms with Gasteiger partial charge < -0.3 is 20.5 Å². The Hall–Kier alpha value is -5.06. The van der Waals surface area contributed by atoms with E-state index in [9.17, 15) is 44.4 Å². The lowest BCUT2D eigenvalue weighted by atomic mass is 10.2. The zero-order valence-electron chi connectivity index (χ0n) is 31.8. The lowest BCUT2D eigenvalue weighted by Crippen LogP contribution is -2.31. The zero-order valence-corrected chi connectivity index (χ0v) is 31.8. The maximum atomic E-state index is 12.7. The quantitative estimate of drug-likeness (QED) is 0.0397. The molecule has 6 N–H and O–H groups in total. The van der Waals surface area contributed by atoms with Crippen LogP contribution in [0.5, 0.6) is 0 Å². The Morgan fingerprint density at radius 3 is 1.31 bits per heavy atom. The molecule has 55 heavy (non-hydrogen) atoms. The third-order valence-corrected chi connectivity index (χ3v) is 9.16. The molecule has 0 aliphatic heterocycles. The van der Waals surface area contributed by atoms with Crippen molar-refractivity contribution in [3.8, 4) is 0 Å². The van der Waals surface area contributed by atoms with Crippen LogP contribution in [0.15, 0.2) is 48.5 Å². The average molecular weight is 768 g/mol. The number of amides is 6. The highest BCUT2D eigenvalue weighted by Gasteiger charge is 2.15. The molecule has 3 rings (SSSR count). The lowest BCUT2D eigenvalue weighted by Gasteiger charge is -2.15. The standard InChI is InChI=1S/C39H57N7O9/c1-30(47)44(53)26-12-2-9-23-40-35(48)19-21-38(51)45(54)27-13-3-10-24-41-36(49)20-22-39(52)46(55)28-14-4-11-25-42-37(50)29-43-33-17-7-5-15-31(33)32-16-6-8-18-34(32)43/h5-8,15-18,53-55H,2-4,9-14,19-29H2,1H3,(H,40,48)(H,41,49)(H,42,50). The van der Waals surface area contributed by atoms with Crippen molar-refractivity contribution in [2.45, 2.75) is 96.9 Å². The number of hydrogen-bond donors (Lipinski definition) is 6. The SMILES string of the molecule is CC(=O)N(O)CCCCCNC(=O)CCC(=O)N(O)CCCCCNC(=O)CCC(=O)N(O)CCCCCNC(=O)Cn1c2ccccc2c2ccccc21. The normalized spacial score (nSPS) is 11.0. The Kier molecular flexibility index (Phi) is 19.6. The average Bonchev–Trinajstić information content (AvgIpc) is 3.49. The van der Waals surface area contributed by atoms with Crippen LogP contribution in [0.1, 0.15) is 90.4 Å². The summed E-state index contributed by atoms with van der Waals surface area (Å²) < 4.78 is 2.02. The van der Waals surface area contributed by atoms with Crippen molar-refractivity contribution in [2.24, 2.45) is 0 Å². The molecule has 6 amide bonds. The Morgan fingerprint density at radius 1 is 0.509 bits per heavy atom. The van der Waals surface area contributed by atoms with Gasteiger partial charge in [0.2, 0.25) is 35.4 Å². The molecule has 16 nitrogen and oxygen atoms in total. The third-order valence-electron chi connectivity index (χ3n) is 9.16. The zero-order chi connectivity index (χ0) is 40.0. The first-order valence-corrected chi connectivity index (χ1v) is 19.2. The lowest BCUT2D eigenvalue weighted by molar-refractivity contribution is -0.166. The summed E-state index contributed by atoms with van der Waals surface area (Å²) in [5, 5.41) is 41.8. The van der Waals surface area contributed by atoms with Crippen molar-refractivity contribution in [3.63, 3.8) is 0 Å². The number of aromatic nitrogens is 1. The number of fused-ring (bicyclic) bond motifs is 3. The van der Waals surface area contributed by atoms with Crippen molar-refractivity contribution in [1.82, 2.24) is 35.7 Å². The van der Waals surface area contributed by atoms with Crippen LogP contribution in [-0.2, 0) is 35.3 Å². The van der Waals surface area contributed by atoms with Crippen LogP contribution in [0.3, 0.4) is 0 Å². The van der Waals surface area contributed by atoms with Crippen molar-refractivity contribution in [2.75, 3.05) is 39.3 Å². The number of nitrogens with one attached hydrogen (secondary N) is 3. The molecule has 2 aromatic carbocycles. The van der Waals surface area contributed by atoms with Crippen molar-refractivity contribution in [3.05, 3.63) is 48.5 Å². The maximum absolute atomic E-state index is 12.7. The third kappa shape index (κ3) is 16.1. The summed E-state index contributed by atoms with van der Waals surface area (Å²) in [6.45, 7) is 3.18. The van der Waals surface area contributed by atoms with E-state index in [-0.39, 0.29) is 69.6 Å². The second-order valence-corrected chi connectivity index (χ2v) is 13.5. The summed E-state index contributed by atoms with van der Waals surface area (Å²) in [6, 6.07) is 16.0. The van der Waals surface area contributed by atoms with Gasteiger partial charge in [0, 0.05) is 93.7 Å². The molecule has 3 aromatic rings. The molecule has 0 saturated carbocycles. The number of carbonyl (C=O) groups is 6. The molecule has 0 fully saturated rings. The molecule has 302 valence electrons. The van der Waals surface area contributed by atoms with Crippen LogP contribution in [0.25, 0.3) is 21.8 Å².